The Labute approximate surface area is 189 Å². The van der Waals surface area contributed by atoms with Crippen molar-refractivity contribution in [1.82, 2.24) is 0 Å². The first-order valence-corrected chi connectivity index (χ1v) is 12.0. The van der Waals surface area contributed by atoms with Crippen LogP contribution in [0, 0.1) is 0 Å². The van der Waals surface area contributed by atoms with Gasteiger partial charge >= 0.3 is 0 Å². The lowest BCUT2D eigenvalue weighted by atomic mass is 10.1. The molecule has 0 amide bonds. The number of hydrogen-bond acceptors (Lipinski definition) is 4. The summed E-state index contributed by atoms with van der Waals surface area (Å²) in [7, 11) is 0. The van der Waals surface area contributed by atoms with Crippen molar-refractivity contribution in [3.8, 4) is 0 Å². The smallest absolute Gasteiger partial charge is 0.0982 e. The van der Waals surface area contributed by atoms with Crippen LogP contribution in [0.25, 0.3) is 0 Å². The van der Waals surface area contributed by atoms with E-state index in [0.29, 0.717) is 26.4 Å². The summed E-state index contributed by atoms with van der Waals surface area (Å²) < 4.78 is 18.9. The van der Waals surface area contributed by atoms with Gasteiger partial charge in [0.05, 0.1) is 43.9 Å². The van der Waals surface area contributed by atoms with E-state index in [1.165, 1.54) is 16.7 Å². The van der Waals surface area contributed by atoms with Crippen LogP contribution in [0.2, 0.25) is 0 Å². The third-order valence-electron chi connectivity index (χ3n) is 5.45. The van der Waals surface area contributed by atoms with Crippen LogP contribution in [0.1, 0.15) is 23.1 Å². The fourth-order valence-corrected chi connectivity index (χ4v) is 5.09. The van der Waals surface area contributed by atoms with Crippen molar-refractivity contribution in [2.24, 2.45) is 0 Å². The Morgan fingerprint density at radius 1 is 0.645 bits per heavy atom. The van der Waals surface area contributed by atoms with E-state index in [-0.39, 0.29) is 17.5 Å². The summed E-state index contributed by atoms with van der Waals surface area (Å²) in [6.45, 7) is 2.48. The highest BCUT2D eigenvalue weighted by Gasteiger charge is 2.35. The topological polar surface area (TPSA) is 27.7 Å². The summed E-state index contributed by atoms with van der Waals surface area (Å²) in [5, 5.41) is 0.252. The molecule has 1 heterocycles. The summed E-state index contributed by atoms with van der Waals surface area (Å²) in [5.41, 5.74) is 3.57. The van der Waals surface area contributed by atoms with Gasteiger partial charge < -0.3 is 14.2 Å². The molecular formula is C27H30O3S. The van der Waals surface area contributed by atoms with Crippen LogP contribution in [0.15, 0.2) is 91.0 Å². The van der Waals surface area contributed by atoms with E-state index in [4.69, 9.17) is 14.2 Å². The maximum Gasteiger partial charge on any atom is 0.0982 e. The van der Waals surface area contributed by atoms with Crippen LogP contribution in [0.5, 0.6) is 0 Å². The van der Waals surface area contributed by atoms with Gasteiger partial charge in [0.25, 0.3) is 0 Å². The van der Waals surface area contributed by atoms with Crippen LogP contribution in [0.3, 0.4) is 0 Å². The van der Waals surface area contributed by atoms with Gasteiger partial charge in [-0.3, -0.25) is 0 Å². The Hall–Kier alpha value is -2.11. The molecule has 0 bridgehead atoms. The van der Waals surface area contributed by atoms with Crippen LogP contribution in [-0.2, 0) is 34.0 Å². The van der Waals surface area contributed by atoms with Crippen LogP contribution >= 0.6 is 11.8 Å². The van der Waals surface area contributed by atoms with Crippen LogP contribution < -0.4 is 0 Å². The maximum atomic E-state index is 6.46. The largest absolute Gasteiger partial charge is 0.376 e. The Morgan fingerprint density at radius 2 is 1.16 bits per heavy atom. The number of thioether (sulfide) groups is 1. The molecule has 4 rings (SSSR count). The number of rotatable bonds is 10. The lowest BCUT2D eigenvalue weighted by Gasteiger charge is -2.37. The molecule has 0 aliphatic carbocycles. The van der Waals surface area contributed by atoms with E-state index in [9.17, 15) is 0 Å². The third kappa shape index (κ3) is 6.94. The van der Waals surface area contributed by atoms with E-state index < -0.39 is 0 Å². The minimum atomic E-state index is -0.00144. The SMILES string of the molecule is c1ccc(COC[C@@H]2SCC[C@@H](OCc3ccccc3)[C@H]2OCc2ccccc2)cc1. The molecule has 162 valence electrons. The molecule has 1 saturated heterocycles. The summed E-state index contributed by atoms with van der Waals surface area (Å²) in [6.07, 6.45) is 1.06. The first-order chi connectivity index (χ1) is 15.4. The summed E-state index contributed by atoms with van der Waals surface area (Å²) in [6, 6.07) is 31.0. The molecule has 0 N–H and O–H groups in total. The molecule has 31 heavy (non-hydrogen) atoms. The molecule has 1 aliphatic heterocycles. The van der Waals surface area contributed by atoms with Crippen molar-refractivity contribution in [2.75, 3.05) is 12.4 Å². The lowest BCUT2D eigenvalue weighted by Crippen LogP contribution is -2.45. The predicted molar refractivity (Wildman–Crippen MR) is 127 cm³/mol. The minimum absolute atomic E-state index is 0.00144. The molecule has 3 atom stereocenters. The van der Waals surface area contributed by atoms with Gasteiger partial charge in [-0.15, -0.1) is 0 Å². The summed E-state index contributed by atoms with van der Waals surface area (Å²) >= 11 is 1.94. The fraction of sp³-hybridized carbons (Fsp3) is 0.333. The monoisotopic (exact) mass is 434 g/mol. The predicted octanol–water partition coefficient (Wildman–Crippen LogP) is 5.88. The van der Waals surface area contributed by atoms with E-state index in [1.807, 2.05) is 42.1 Å². The second-order valence-electron chi connectivity index (χ2n) is 7.79. The molecule has 3 aromatic rings. The van der Waals surface area contributed by atoms with Gasteiger partial charge in [-0.1, -0.05) is 91.0 Å². The Bertz CT molecular complexity index is 873. The molecule has 0 spiro atoms. The molecule has 1 aliphatic rings. The van der Waals surface area contributed by atoms with Crippen LogP contribution in [0.4, 0.5) is 0 Å². The van der Waals surface area contributed by atoms with Gasteiger partial charge in [-0.05, 0) is 28.9 Å². The number of ether oxygens (including phenoxy) is 3. The zero-order chi connectivity index (χ0) is 21.1. The molecular weight excluding hydrogens is 404 g/mol. The average Bonchev–Trinajstić information content (AvgIpc) is 2.84. The van der Waals surface area contributed by atoms with Crippen molar-refractivity contribution in [3.05, 3.63) is 108 Å². The molecule has 3 aromatic carbocycles. The number of benzene rings is 3. The second-order valence-corrected chi connectivity index (χ2v) is 9.14. The van der Waals surface area contributed by atoms with Gasteiger partial charge in [-0.25, -0.2) is 0 Å². The highest BCUT2D eigenvalue weighted by molar-refractivity contribution is 8.00. The third-order valence-corrected chi connectivity index (χ3v) is 6.76. The lowest BCUT2D eigenvalue weighted by molar-refractivity contribution is -0.0966. The molecule has 0 radical (unpaired) electrons. The standard InChI is InChI=1S/C27H30O3S/c1-4-10-22(11-5-1)18-28-21-26-27(30-20-24-14-8-3-9-15-24)25(16-17-31-26)29-19-23-12-6-2-7-13-23/h1-15,25-27H,16-21H2/t25-,26+,27-/m1/s1. The second kappa shape index (κ2) is 12.1. The maximum absolute atomic E-state index is 6.46. The number of hydrogen-bond donors (Lipinski definition) is 0. The van der Waals surface area contributed by atoms with Gasteiger partial charge in [0.1, 0.15) is 0 Å². The van der Waals surface area contributed by atoms with Gasteiger partial charge in [-0.2, -0.15) is 11.8 Å². The Kier molecular flexibility index (Phi) is 8.60. The summed E-state index contributed by atoms with van der Waals surface area (Å²) in [4.78, 5) is 0. The highest BCUT2D eigenvalue weighted by Crippen LogP contribution is 2.32. The highest BCUT2D eigenvalue weighted by atomic mass is 32.2. The Morgan fingerprint density at radius 3 is 1.74 bits per heavy atom. The molecule has 1 fully saturated rings. The minimum Gasteiger partial charge on any atom is -0.376 e. The van der Waals surface area contributed by atoms with Gasteiger partial charge in [0.15, 0.2) is 0 Å². The van der Waals surface area contributed by atoms with Gasteiger partial charge in [0.2, 0.25) is 0 Å². The fourth-order valence-electron chi connectivity index (χ4n) is 3.78. The molecule has 4 heteroatoms. The van der Waals surface area contributed by atoms with E-state index in [0.717, 1.165) is 12.2 Å². The average molecular weight is 435 g/mol. The van der Waals surface area contributed by atoms with Crippen molar-refractivity contribution >= 4 is 11.8 Å². The zero-order valence-electron chi connectivity index (χ0n) is 17.8. The molecule has 3 nitrogen and oxygen atoms in total. The van der Waals surface area contributed by atoms with E-state index in [1.54, 1.807) is 0 Å². The first-order valence-electron chi connectivity index (χ1n) is 10.9. The van der Waals surface area contributed by atoms with E-state index in [2.05, 4.69) is 60.7 Å². The molecule has 0 unspecified atom stereocenters. The quantitative estimate of drug-likeness (QED) is 0.398. The first kappa shape index (κ1) is 22.1. The van der Waals surface area contributed by atoms with Crippen molar-refractivity contribution in [3.63, 3.8) is 0 Å². The van der Waals surface area contributed by atoms with E-state index >= 15 is 0 Å². The van der Waals surface area contributed by atoms with Gasteiger partial charge in [0, 0.05) is 0 Å². The van der Waals surface area contributed by atoms with Crippen molar-refractivity contribution < 1.29 is 14.2 Å². The normalized spacial score (nSPS) is 21.1. The zero-order valence-corrected chi connectivity index (χ0v) is 18.6. The molecule has 0 saturated carbocycles. The molecule has 0 aromatic heterocycles. The Balaban J connectivity index is 1.38. The summed E-state index contributed by atoms with van der Waals surface area (Å²) in [5.74, 6) is 1.06. The van der Waals surface area contributed by atoms with Crippen molar-refractivity contribution in [2.45, 2.75) is 43.7 Å². The van der Waals surface area contributed by atoms with Crippen molar-refractivity contribution in [1.29, 1.82) is 0 Å². The van der Waals surface area contributed by atoms with Crippen LogP contribution in [-0.4, -0.2) is 29.8 Å².